The van der Waals surface area contributed by atoms with Crippen LogP contribution in [0.3, 0.4) is 0 Å². The van der Waals surface area contributed by atoms with Crippen LogP contribution >= 0.6 is 0 Å². The number of aromatic amines is 1. The number of H-pyrrole nitrogens is 1. The highest BCUT2D eigenvalue weighted by Crippen LogP contribution is 2.28. The fraction of sp³-hybridized carbons (Fsp3) is 0.333. The van der Waals surface area contributed by atoms with Crippen LogP contribution in [0.25, 0.3) is 0 Å². The van der Waals surface area contributed by atoms with Gasteiger partial charge in [0.05, 0.1) is 19.8 Å². The van der Waals surface area contributed by atoms with Crippen LogP contribution in [0.1, 0.15) is 30.0 Å². The fourth-order valence-corrected chi connectivity index (χ4v) is 1.85. The summed E-state index contributed by atoms with van der Waals surface area (Å²) in [4.78, 5) is 19.1. The first-order chi connectivity index (χ1) is 10.2. The van der Waals surface area contributed by atoms with Gasteiger partial charge < -0.3 is 19.8 Å². The fourth-order valence-electron chi connectivity index (χ4n) is 1.85. The zero-order valence-corrected chi connectivity index (χ0v) is 12.2. The molecule has 0 spiro atoms. The molecule has 0 saturated heterocycles. The predicted octanol–water partition coefficient (Wildman–Crippen LogP) is 2.14. The normalized spacial score (nSPS) is 10.2. The Balaban J connectivity index is 2.07. The number of nitrogens with one attached hydrogen (secondary N) is 2. The summed E-state index contributed by atoms with van der Waals surface area (Å²) >= 11 is 0. The first-order valence-electron chi connectivity index (χ1n) is 6.90. The van der Waals surface area contributed by atoms with Crippen molar-refractivity contribution < 1.29 is 14.3 Å². The van der Waals surface area contributed by atoms with Crippen LogP contribution in [0, 0.1) is 0 Å². The van der Waals surface area contributed by atoms with Gasteiger partial charge in [0.2, 0.25) is 0 Å². The smallest absolute Gasteiger partial charge is 0.251 e. The van der Waals surface area contributed by atoms with Crippen molar-refractivity contribution in [2.75, 3.05) is 13.2 Å². The molecule has 0 aliphatic heterocycles. The van der Waals surface area contributed by atoms with Crippen LogP contribution in [-0.4, -0.2) is 29.1 Å². The van der Waals surface area contributed by atoms with Gasteiger partial charge in [-0.3, -0.25) is 4.79 Å². The Hall–Kier alpha value is -2.50. The topological polar surface area (TPSA) is 76.2 Å². The quantitative estimate of drug-likeness (QED) is 0.818. The standard InChI is InChI=1S/C15H19N3O3/c1-3-20-12-6-5-11(9-13(12)21-4-2)15(19)18-10-14-16-7-8-17-14/h5-9H,3-4,10H2,1-2H3,(H,16,17)(H,18,19). The number of ether oxygens (including phenoxy) is 2. The van der Waals surface area contributed by atoms with E-state index in [-0.39, 0.29) is 5.91 Å². The van der Waals surface area contributed by atoms with Crippen molar-refractivity contribution >= 4 is 5.91 Å². The van der Waals surface area contributed by atoms with Gasteiger partial charge >= 0.3 is 0 Å². The van der Waals surface area contributed by atoms with E-state index in [1.54, 1.807) is 30.6 Å². The van der Waals surface area contributed by atoms with Gasteiger partial charge in [-0.15, -0.1) is 0 Å². The summed E-state index contributed by atoms with van der Waals surface area (Å²) in [6.45, 7) is 5.20. The number of nitrogens with zero attached hydrogens (tertiary/aromatic N) is 1. The van der Waals surface area contributed by atoms with E-state index in [1.165, 1.54) is 0 Å². The van der Waals surface area contributed by atoms with Crippen LogP contribution in [0.15, 0.2) is 30.6 Å². The highest BCUT2D eigenvalue weighted by Gasteiger charge is 2.11. The number of imidazole rings is 1. The Morgan fingerprint density at radius 3 is 2.67 bits per heavy atom. The molecule has 112 valence electrons. The maximum atomic E-state index is 12.1. The molecule has 0 aliphatic rings. The molecule has 2 rings (SSSR count). The average Bonchev–Trinajstić information content (AvgIpc) is 3.00. The van der Waals surface area contributed by atoms with Gasteiger partial charge in [0, 0.05) is 18.0 Å². The minimum Gasteiger partial charge on any atom is -0.490 e. The first kappa shape index (κ1) is 14.9. The molecular weight excluding hydrogens is 270 g/mol. The van der Waals surface area contributed by atoms with E-state index < -0.39 is 0 Å². The van der Waals surface area contributed by atoms with Gasteiger partial charge in [-0.25, -0.2) is 4.98 Å². The first-order valence-corrected chi connectivity index (χ1v) is 6.90. The number of amides is 1. The molecule has 0 unspecified atom stereocenters. The monoisotopic (exact) mass is 289 g/mol. The van der Waals surface area contributed by atoms with E-state index in [0.717, 1.165) is 0 Å². The Bertz CT molecular complexity index is 582. The lowest BCUT2D eigenvalue weighted by atomic mass is 10.2. The lowest BCUT2D eigenvalue weighted by Gasteiger charge is -2.12. The zero-order chi connectivity index (χ0) is 15.1. The molecule has 6 nitrogen and oxygen atoms in total. The van der Waals surface area contributed by atoms with Crippen LogP contribution in [-0.2, 0) is 6.54 Å². The van der Waals surface area contributed by atoms with E-state index in [0.29, 0.717) is 42.6 Å². The Labute approximate surface area is 123 Å². The zero-order valence-electron chi connectivity index (χ0n) is 12.2. The van der Waals surface area contributed by atoms with Crippen LogP contribution in [0.2, 0.25) is 0 Å². The SMILES string of the molecule is CCOc1ccc(C(=O)NCc2ncc[nH]2)cc1OCC. The van der Waals surface area contributed by atoms with Crippen molar-refractivity contribution in [1.29, 1.82) is 0 Å². The van der Waals surface area contributed by atoms with Gasteiger partial charge in [0.1, 0.15) is 5.82 Å². The number of carbonyl (C=O) groups excluding carboxylic acids is 1. The van der Waals surface area contributed by atoms with Gasteiger partial charge in [0.25, 0.3) is 5.91 Å². The summed E-state index contributed by atoms with van der Waals surface area (Å²) in [7, 11) is 0. The Morgan fingerprint density at radius 2 is 2.00 bits per heavy atom. The number of benzene rings is 1. The lowest BCUT2D eigenvalue weighted by molar-refractivity contribution is 0.0949. The number of carbonyl (C=O) groups is 1. The third-order valence-electron chi connectivity index (χ3n) is 2.78. The second kappa shape index (κ2) is 7.33. The van der Waals surface area contributed by atoms with E-state index in [1.807, 2.05) is 13.8 Å². The van der Waals surface area contributed by atoms with Gasteiger partial charge in [0.15, 0.2) is 11.5 Å². The Kier molecular flexibility index (Phi) is 5.20. The summed E-state index contributed by atoms with van der Waals surface area (Å²) in [6, 6.07) is 5.15. The molecule has 1 amide bonds. The van der Waals surface area contributed by atoms with Crippen molar-refractivity contribution in [3.63, 3.8) is 0 Å². The number of hydrogen-bond acceptors (Lipinski definition) is 4. The molecule has 0 fully saturated rings. The molecule has 1 heterocycles. The molecule has 0 saturated carbocycles. The van der Waals surface area contributed by atoms with E-state index in [9.17, 15) is 4.79 Å². The summed E-state index contributed by atoms with van der Waals surface area (Å²) in [5, 5.41) is 2.79. The molecule has 0 aliphatic carbocycles. The van der Waals surface area contributed by atoms with Gasteiger partial charge in [-0.2, -0.15) is 0 Å². The van der Waals surface area contributed by atoms with Gasteiger partial charge in [-0.1, -0.05) is 0 Å². The van der Waals surface area contributed by atoms with Crippen LogP contribution in [0.4, 0.5) is 0 Å². The minimum atomic E-state index is -0.185. The molecule has 2 aromatic rings. The number of hydrogen-bond donors (Lipinski definition) is 2. The number of aromatic nitrogens is 2. The van der Waals surface area contributed by atoms with E-state index in [4.69, 9.17) is 9.47 Å². The average molecular weight is 289 g/mol. The number of rotatable bonds is 7. The largest absolute Gasteiger partial charge is 0.490 e. The van der Waals surface area contributed by atoms with Crippen molar-refractivity contribution in [2.24, 2.45) is 0 Å². The molecule has 21 heavy (non-hydrogen) atoms. The van der Waals surface area contributed by atoms with Crippen LogP contribution < -0.4 is 14.8 Å². The lowest BCUT2D eigenvalue weighted by Crippen LogP contribution is -2.23. The van der Waals surface area contributed by atoms with Crippen LogP contribution in [0.5, 0.6) is 11.5 Å². The third kappa shape index (κ3) is 3.98. The molecule has 0 bridgehead atoms. The summed E-state index contributed by atoms with van der Waals surface area (Å²) in [5.74, 6) is 1.74. The molecular formula is C15H19N3O3. The molecule has 1 aromatic carbocycles. The molecule has 0 radical (unpaired) electrons. The highest BCUT2D eigenvalue weighted by atomic mass is 16.5. The van der Waals surface area contributed by atoms with Crippen molar-refractivity contribution in [3.05, 3.63) is 42.0 Å². The molecule has 0 atom stereocenters. The molecule has 2 N–H and O–H groups in total. The minimum absolute atomic E-state index is 0.185. The summed E-state index contributed by atoms with van der Waals surface area (Å²) in [6.07, 6.45) is 3.36. The Morgan fingerprint density at radius 1 is 1.24 bits per heavy atom. The second-order valence-corrected chi connectivity index (χ2v) is 4.25. The maximum absolute atomic E-state index is 12.1. The van der Waals surface area contributed by atoms with Crippen molar-refractivity contribution in [2.45, 2.75) is 20.4 Å². The molecule has 6 heteroatoms. The van der Waals surface area contributed by atoms with Gasteiger partial charge in [-0.05, 0) is 32.0 Å². The van der Waals surface area contributed by atoms with E-state index in [2.05, 4.69) is 15.3 Å². The molecule has 1 aromatic heterocycles. The third-order valence-corrected chi connectivity index (χ3v) is 2.78. The maximum Gasteiger partial charge on any atom is 0.251 e. The highest BCUT2D eigenvalue weighted by molar-refractivity contribution is 5.94. The van der Waals surface area contributed by atoms with Crippen molar-refractivity contribution in [1.82, 2.24) is 15.3 Å². The summed E-state index contributed by atoms with van der Waals surface area (Å²) in [5.41, 5.74) is 0.522. The van der Waals surface area contributed by atoms with E-state index >= 15 is 0 Å². The van der Waals surface area contributed by atoms with Crippen molar-refractivity contribution in [3.8, 4) is 11.5 Å². The summed E-state index contributed by atoms with van der Waals surface area (Å²) < 4.78 is 11.0. The predicted molar refractivity (Wildman–Crippen MR) is 78.5 cm³/mol. The second-order valence-electron chi connectivity index (χ2n) is 4.25.